The van der Waals surface area contributed by atoms with E-state index in [1.54, 1.807) is 42.1 Å². The number of likely N-dealkylation sites (tertiary alicyclic amines) is 1. The van der Waals surface area contributed by atoms with Gasteiger partial charge in [-0.25, -0.2) is 4.79 Å². The van der Waals surface area contributed by atoms with Gasteiger partial charge in [-0.2, -0.15) is 11.8 Å². The van der Waals surface area contributed by atoms with Gasteiger partial charge in [-0.05, 0) is 30.7 Å². The van der Waals surface area contributed by atoms with Gasteiger partial charge < -0.3 is 20.3 Å². The summed E-state index contributed by atoms with van der Waals surface area (Å²) in [5.41, 5.74) is 0. The van der Waals surface area contributed by atoms with Gasteiger partial charge in [-0.15, -0.1) is 11.8 Å². The van der Waals surface area contributed by atoms with Crippen molar-refractivity contribution in [3.8, 4) is 5.75 Å². The standard InChI is InChI=1S/C19H22N2O7S2/c22-12(13-7-4-8-29-13)10-30-18-15(16(24)21(18)17(25)19(26)27)20-14(23)9-28-11-5-2-1-3-6-11/h1-3,5-6,13,15,17-18,25H,4,7-10H2,(H,20,23)(H,26,27)/t13-,15-,17+,18-/m1/s1. The molecule has 2 heterocycles. The minimum atomic E-state index is -2.04. The summed E-state index contributed by atoms with van der Waals surface area (Å²) < 4.78 is 5.34. The van der Waals surface area contributed by atoms with Crippen molar-refractivity contribution in [3.05, 3.63) is 30.3 Å². The van der Waals surface area contributed by atoms with Gasteiger partial charge in [0.1, 0.15) is 17.2 Å². The summed E-state index contributed by atoms with van der Waals surface area (Å²) in [4.78, 5) is 48.8. The second kappa shape index (κ2) is 10.2. The first-order chi connectivity index (χ1) is 14.4. The number of aliphatic hydroxyl groups is 1. The first-order valence-electron chi connectivity index (χ1n) is 9.34. The van der Waals surface area contributed by atoms with Gasteiger partial charge in [-0.3, -0.25) is 19.3 Å². The van der Waals surface area contributed by atoms with Gasteiger partial charge >= 0.3 is 5.97 Å². The van der Waals surface area contributed by atoms with Gasteiger partial charge in [0.2, 0.25) is 6.23 Å². The van der Waals surface area contributed by atoms with Gasteiger partial charge in [0.15, 0.2) is 12.4 Å². The predicted octanol–water partition coefficient (Wildman–Crippen LogP) is 0.319. The molecule has 2 amide bonds. The van der Waals surface area contributed by atoms with Gasteiger partial charge in [0.05, 0.1) is 11.0 Å². The smallest absolute Gasteiger partial charge is 0.354 e. The zero-order valence-corrected chi connectivity index (χ0v) is 17.6. The van der Waals surface area contributed by atoms with Crippen LogP contribution in [0.15, 0.2) is 30.3 Å². The topological polar surface area (TPSA) is 133 Å². The maximum atomic E-state index is 12.4. The van der Waals surface area contributed by atoms with Crippen LogP contribution in [0.25, 0.3) is 0 Å². The molecule has 0 aromatic heterocycles. The normalized spacial score (nSPS) is 24.1. The van der Waals surface area contributed by atoms with E-state index in [1.807, 2.05) is 0 Å². The van der Waals surface area contributed by atoms with E-state index in [0.29, 0.717) is 5.75 Å². The lowest BCUT2D eigenvalue weighted by Crippen LogP contribution is -2.73. The number of rotatable bonds is 10. The lowest BCUT2D eigenvalue weighted by atomic mass is 10.1. The molecule has 0 aliphatic carbocycles. The number of β-lactam (4-membered cyclic amide) rings is 1. The van der Waals surface area contributed by atoms with Crippen molar-refractivity contribution >= 4 is 47.1 Å². The molecule has 0 radical (unpaired) electrons. The minimum absolute atomic E-state index is 0.00380. The molecule has 4 atom stereocenters. The third kappa shape index (κ3) is 5.27. The van der Waals surface area contributed by atoms with Crippen LogP contribution in [0.5, 0.6) is 5.75 Å². The molecule has 2 fully saturated rings. The lowest BCUT2D eigenvalue weighted by Gasteiger charge is -2.47. The zero-order valence-electron chi connectivity index (χ0n) is 15.9. The van der Waals surface area contributed by atoms with Crippen molar-refractivity contribution in [2.24, 2.45) is 0 Å². The molecule has 0 saturated carbocycles. The Bertz CT molecular complexity index is 801. The molecule has 0 spiro atoms. The molecule has 2 saturated heterocycles. The van der Waals surface area contributed by atoms with E-state index in [-0.39, 0.29) is 23.4 Å². The highest BCUT2D eigenvalue weighted by Crippen LogP contribution is 2.34. The number of benzene rings is 1. The van der Waals surface area contributed by atoms with Crippen molar-refractivity contribution in [3.63, 3.8) is 0 Å². The molecule has 1 aromatic carbocycles. The van der Waals surface area contributed by atoms with Crippen LogP contribution in [0.4, 0.5) is 0 Å². The quantitative estimate of drug-likeness (QED) is 0.427. The summed E-state index contributed by atoms with van der Waals surface area (Å²) in [7, 11) is 0. The van der Waals surface area contributed by atoms with E-state index < -0.39 is 35.4 Å². The number of amides is 2. The first kappa shape index (κ1) is 22.4. The number of carbonyl (C=O) groups is 4. The van der Waals surface area contributed by atoms with Crippen LogP contribution in [0.2, 0.25) is 0 Å². The maximum absolute atomic E-state index is 12.4. The number of Topliss-reactive ketones (excluding diaryl/α,β-unsaturated/α-hetero) is 1. The zero-order chi connectivity index (χ0) is 21.7. The Hall–Kier alpha value is -2.24. The summed E-state index contributed by atoms with van der Waals surface area (Å²) in [5.74, 6) is -1.39. The fraction of sp³-hybridized carbons (Fsp3) is 0.474. The lowest BCUT2D eigenvalue weighted by molar-refractivity contribution is -0.178. The van der Waals surface area contributed by atoms with Crippen LogP contribution in [-0.4, -0.2) is 79.7 Å². The molecule has 2 aliphatic rings. The van der Waals surface area contributed by atoms with Crippen molar-refractivity contribution in [2.75, 3.05) is 18.1 Å². The number of ether oxygens (including phenoxy) is 1. The van der Waals surface area contributed by atoms with Crippen LogP contribution in [0, 0.1) is 0 Å². The molecule has 9 nitrogen and oxygen atoms in total. The van der Waals surface area contributed by atoms with Crippen molar-refractivity contribution in [2.45, 2.75) is 35.7 Å². The molecule has 11 heteroatoms. The molecule has 0 bridgehead atoms. The summed E-state index contributed by atoms with van der Waals surface area (Å²) in [5, 5.41) is 20.4. The van der Waals surface area contributed by atoms with Crippen LogP contribution in [0.3, 0.4) is 0 Å². The maximum Gasteiger partial charge on any atom is 0.354 e. The number of para-hydroxylation sites is 1. The van der Waals surface area contributed by atoms with Crippen LogP contribution in [0.1, 0.15) is 12.8 Å². The number of aliphatic hydroxyl groups excluding tert-OH is 1. The number of nitrogens with zero attached hydrogens (tertiary/aromatic N) is 1. The Balaban J connectivity index is 1.58. The second-order valence-corrected chi connectivity index (χ2v) is 9.19. The fourth-order valence-electron chi connectivity index (χ4n) is 3.15. The van der Waals surface area contributed by atoms with Crippen molar-refractivity contribution < 1.29 is 34.1 Å². The molecular weight excluding hydrogens is 432 g/mol. The number of aliphatic carboxylic acids is 1. The average Bonchev–Trinajstić information content (AvgIpc) is 3.28. The highest BCUT2D eigenvalue weighted by Gasteiger charge is 2.53. The Morgan fingerprint density at radius 2 is 2.03 bits per heavy atom. The number of carboxylic acid groups (broad SMARTS) is 1. The minimum Gasteiger partial charge on any atom is -0.484 e. The largest absolute Gasteiger partial charge is 0.484 e. The number of carbonyl (C=O) groups excluding carboxylic acids is 3. The van der Waals surface area contributed by atoms with E-state index in [0.717, 1.165) is 35.3 Å². The van der Waals surface area contributed by atoms with E-state index in [1.165, 1.54) is 0 Å². The Kier molecular flexibility index (Phi) is 7.62. The molecule has 3 rings (SSSR count). The Morgan fingerprint density at radius 1 is 1.30 bits per heavy atom. The van der Waals surface area contributed by atoms with Crippen LogP contribution in [-0.2, 0) is 19.2 Å². The van der Waals surface area contributed by atoms with E-state index in [2.05, 4.69) is 5.32 Å². The molecule has 0 unspecified atom stereocenters. The van der Waals surface area contributed by atoms with Crippen molar-refractivity contribution in [1.29, 1.82) is 0 Å². The molecule has 2 aliphatic heterocycles. The number of carboxylic acids is 1. The highest BCUT2D eigenvalue weighted by molar-refractivity contribution is 8.02. The summed E-state index contributed by atoms with van der Waals surface area (Å²) >= 11 is 2.63. The van der Waals surface area contributed by atoms with Crippen molar-refractivity contribution in [1.82, 2.24) is 10.2 Å². The number of hydrogen-bond donors (Lipinski definition) is 3. The summed E-state index contributed by atoms with van der Waals surface area (Å²) in [6.07, 6.45) is -0.274. The number of thioether (sulfide) groups is 2. The number of ketones is 1. The predicted molar refractivity (Wildman–Crippen MR) is 111 cm³/mol. The van der Waals surface area contributed by atoms with Crippen LogP contribution < -0.4 is 10.1 Å². The van der Waals surface area contributed by atoms with E-state index in [9.17, 15) is 24.3 Å². The van der Waals surface area contributed by atoms with E-state index in [4.69, 9.17) is 9.84 Å². The fourth-order valence-corrected chi connectivity index (χ4v) is 5.77. The summed E-state index contributed by atoms with van der Waals surface area (Å²) in [6.45, 7) is -0.329. The molecule has 30 heavy (non-hydrogen) atoms. The van der Waals surface area contributed by atoms with Gasteiger partial charge in [0, 0.05) is 0 Å². The highest BCUT2D eigenvalue weighted by atomic mass is 32.2. The number of hydrogen-bond acceptors (Lipinski definition) is 8. The number of nitrogens with one attached hydrogen (secondary N) is 1. The Morgan fingerprint density at radius 3 is 2.67 bits per heavy atom. The SMILES string of the molecule is O=C(COc1ccccc1)N[C@@H]1C(=O)N([C@@H](O)C(=O)O)[C@@H]1SCC(=O)[C@H]1CCCS1. The molecular formula is C19H22N2O7S2. The summed E-state index contributed by atoms with van der Waals surface area (Å²) in [6, 6.07) is 7.62. The monoisotopic (exact) mass is 454 g/mol. The van der Waals surface area contributed by atoms with Crippen LogP contribution >= 0.6 is 23.5 Å². The first-order valence-corrected chi connectivity index (χ1v) is 11.4. The third-order valence-corrected chi connectivity index (χ3v) is 7.40. The molecule has 1 aromatic rings. The van der Waals surface area contributed by atoms with Gasteiger partial charge in [-0.1, -0.05) is 18.2 Å². The molecule has 162 valence electrons. The average molecular weight is 455 g/mol. The second-order valence-electron chi connectivity index (χ2n) is 6.77. The van der Waals surface area contributed by atoms with Gasteiger partial charge in [0.25, 0.3) is 11.8 Å². The van der Waals surface area contributed by atoms with E-state index >= 15 is 0 Å². The molecule has 3 N–H and O–H groups in total. The Labute approximate surface area is 181 Å². The third-order valence-electron chi connectivity index (χ3n) is 4.68.